The molecule has 0 spiro atoms. The van der Waals surface area contributed by atoms with Crippen LogP contribution in [-0.2, 0) is 11.4 Å². The zero-order valence-corrected chi connectivity index (χ0v) is 16.4. The molecule has 2 heterocycles. The van der Waals surface area contributed by atoms with Crippen LogP contribution in [0.3, 0.4) is 0 Å². The maximum absolute atomic E-state index is 11.7. The first-order valence-electron chi connectivity index (χ1n) is 10.3. The van der Waals surface area contributed by atoms with Gasteiger partial charge in [-0.3, -0.25) is 4.79 Å². The van der Waals surface area contributed by atoms with Gasteiger partial charge in [-0.1, -0.05) is 37.3 Å². The first kappa shape index (κ1) is 18.7. The molecule has 0 bridgehead atoms. The molecule has 1 saturated heterocycles. The highest BCUT2D eigenvalue weighted by molar-refractivity contribution is 5.75. The Bertz CT molecular complexity index is 798. The molecule has 1 aliphatic heterocycles. The second-order valence-electron chi connectivity index (χ2n) is 7.83. The highest BCUT2D eigenvalue weighted by Crippen LogP contribution is 2.37. The van der Waals surface area contributed by atoms with Gasteiger partial charge in [0.25, 0.3) is 0 Å². The van der Waals surface area contributed by atoms with Crippen molar-refractivity contribution in [1.29, 1.82) is 0 Å². The van der Waals surface area contributed by atoms with Crippen LogP contribution in [0, 0.1) is 11.8 Å². The van der Waals surface area contributed by atoms with Crippen LogP contribution in [0.2, 0.25) is 0 Å². The Balaban J connectivity index is 1.36. The van der Waals surface area contributed by atoms with Gasteiger partial charge in [-0.2, -0.15) is 4.98 Å². The molecular formula is C22H28N4O2. The van der Waals surface area contributed by atoms with Gasteiger partial charge in [0.05, 0.1) is 0 Å². The summed E-state index contributed by atoms with van der Waals surface area (Å²) in [5.74, 6) is 2.76. The summed E-state index contributed by atoms with van der Waals surface area (Å²) in [6.45, 7) is 4.34. The average Bonchev–Trinajstić information content (AvgIpc) is 3.16. The molecule has 28 heavy (non-hydrogen) atoms. The molecule has 3 unspecified atom stereocenters. The number of nitrogens with one attached hydrogen (secondary N) is 1. The lowest BCUT2D eigenvalue weighted by Crippen LogP contribution is -2.40. The quantitative estimate of drug-likeness (QED) is 0.834. The Morgan fingerprint density at radius 3 is 2.82 bits per heavy atom. The summed E-state index contributed by atoms with van der Waals surface area (Å²) in [7, 11) is 0. The van der Waals surface area contributed by atoms with Gasteiger partial charge in [-0.25, -0.2) is 4.98 Å². The molecule has 1 aliphatic carbocycles. The topological polar surface area (TPSA) is 67.4 Å². The van der Waals surface area contributed by atoms with Crippen LogP contribution >= 0.6 is 0 Å². The van der Waals surface area contributed by atoms with E-state index in [4.69, 9.17) is 4.74 Å². The molecule has 1 amide bonds. The first-order chi connectivity index (χ1) is 13.7. The molecule has 1 aromatic carbocycles. The Kier molecular flexibility index (Phi) is 5.74. The molecule has 4 rings (SSSR count). The van der Waals surface area contributed by atoms with Gasteiger partial charge in [0, 0.05) is 37.8 Å². The Morgan fingerprint density at radius 2 is 2.00 bits per heavy atom. The van der Waals surface area contributed by atoms with E-state index in [1.54, 1.807) is 6.20 Å². The normalized spacial score (nSPS) is 23.9. The van der Waals surface area contributed by atoms with Crippen molar-refractivity contribution in [3.8, 4) is 5.88 Å². The van der Waals surface area contributed by atoms with Gasteiger partial charge in [-0.15, -0.1) is 0 Å². The Hall–Kier alpha value is -2.63. The summed E-state index contributed by atoms with van der Waals surface area (Å²) in [5.41, 5.74) is 1.12. The van der Waals surface area contributed by atoms with E-state index in [9.17, 15) is 4.79 Å². The Morgan fingerprint density at radius 1 is 1.18 bits per heavy atom. The second kappa shape index (κ2) is 8.59. The summed E-state index contributed by atoms with van der Waals surface area (Å²) in [5, 5.41) is 3.17. The van der Waals surface area contributed by atoms with E-state index < -0.39 is 0 Å². The maximum Gasteiger partial charge on any atom is 0.228 e. The van der Waals surface area contributed by atoms with Crippen molar-refractivity contribution < 1.29 is 9.53 Å². The lowest BCUT2D eigenvalue weighted by Gasteiger charge is -2.31. The van der Waals surface area contributed by atoms with Crippen LogP contribution in [0.25, 0.3) is 0 Å². The van der Waals surface area contributed by atoms with Crippen molar-refractivity contribution >= 4 is 11.9 Å². The van der Waals surface area contributed by atoms with Crippen LogP contribution in [0.1, 0.15) is 38.2 Å². The van der Waals surface area contributed by atoms with Gasteiger partial charge in [0.2, 0.25) is 17.7 Å². The molecular weight excluding hydrogens is 352 g/mol. The van der Waals surface area contributed by atoms with Crippen molar-refractivity contribution in [2.24, 2.45) is 11.8 Å². The maximum atomic E-state index is 11.7. The lowest BCUT2D eigenvalue weighted by molar-refractivity contribution is -0.121. The smallest absolute Gasteiger partial charge is 0.228 e. The zero-order valence-electron chi connectivity index (χ0n) is 16.4. The fraction of sp³-hybridized carbons (Fsp3) is 0.500. The van der Waals surface area contributed by atoms with Crippen molar-refractivity contribution in [2.75, 3.05) is 18.0 Å². The minimum Gasteiger partial charge on any atom is -0.473 e. The monoisotopic (exact) mass is 380 g/mol. The van der Waals surface area contributed by atoms with E-state index >= 15 is 0 Å². The number of carbonyl (C=O) groups excluding carboxylic acids is 1. The molecule has 6 heteroatoms. The number of ether oxygens (including phenoxy) is 1. The highest BCUT2D eigenvalue weighted by atomic mass is 16.5. The molecule has 148 valence electrons. The number of aromatic nitrogens is 2. The summed E-state index contributed by atoms with van der Waals surface area (Å²) >= 11 is 0. The minimum atomic E-state index is 0.157. The number of anilines is 1. The average molecular weight is 380 g/mol. The standard InChI is InChI=1S/C22H28N4O2/c1-2-20(27)24-19-9-8-17-13-26(14-18(17)12-19)22-23-11-10-21(25-22)28-15-16-6-4-3-5-7-16/h3-7,10-11,17-19H,2,8-9,12-15H2,1H3,(H,24,27). The van der Waals surface area contributed by atoms with Crippen molar-refractivity contribution in [2.45, 2.75) is 45.3 Å². The van der Waals surface area contributed by atoms with E-state index in [1.165, 1.54) is 0 Å². The summed E-state index contributed by atoms with van der Waals surface area (Å²) in [6, 6.07) is 12.2. The number of hydrogen-bond donors (Lipinski definition) is 1. The highest BCUT2D eigenvalue weighted by Gasteiger charge is 2.38. The SMILES string of the molecule is CCC(=O)NC1CCC2CN(c3nccc(OCc4ccccc4)n3)CC2C1. The zero-order chi connectivity index (χ0) is 19.3. The number of amides is 1. The number of hydrogen-bond acceptors (Lipinski definition) is 5. The van der Waals surface area contributed by atoms with Crippen molar-refractivity contribution in [1.82, 2.24) is 15.3 Å². The van der Waals surface area contributed by atoms with Gasteiger partial charge in [0.15, 0.2) is 0 Å². The van der Waals surface area contributed by atoms with Crippen LogP contribution in [0.15, 0.2) is 42.6 Å². The molecule has 1 aromatic heterocycles. The third kappa shape index (κ3) is 4.43. The largest absolute Gasteiger partial charge is 0.473 e. The molecule has 1 saturated carbocycles. The van der Waals surface area contributed by atoms with Crippen molar-refractivity contribution in [3.05, 3.63) is 48.2 Å². The second-order valence-corrected chi connectivity index (χ2v) is 7.83. The van der Waals surface area contributed by atoms with E-state index in [0.29, 0.717) is 36.8 Å². The van der Waals surface area contributed by atoms with Gasteiger partial charge in [0.1, 0.15) is 6.61 Å². The number of fused-ring (bicyclic) bond motifs is 1. The van der Waals surface area contributed by atoms with Crippen LogP contribution in [0.4, 0.5) is 5.95 Å². The lowest BCUT2D eigenvalue weighted by atomic mass is 9.79. The third-order valence-corrected chi connectivity index (χ3v) is 5.87. The number of rotatable bonds is 6. The van der Waals surface area contributed by atoms with E-state index in [1.807, 2.05) is 43.3 Å². The predicted octanol–water partition coefficient (Wildman–Crippen LogP) is 3.19. The first-order valence-corrected chi connectivity index (χ1v) is 10.3. The van der Waals surface area contributed by atoms with Crippen LogP contribution in [-0.4, -0.2) is 35.0 Å². The summed E-state index contributed by atoms with van der Waals surface area (Å²) in [6.07, 6.45) is 5.61. The molecule has 2 aliphatic rings. The fourth-order valence-corrected chi connectivity index (χ4v) is 4.35. The number of nitrogens with zero attached hydrogens (tertiary/aromatic N) is 3. The molecule has 2 aromatic rings. The number of benzene rings is 1. The molecule has 0 radical (unpaired) electrons. The van der Waals surface area contributed by atoms with E-state index in [-0.39, 0.29) is 5.91 Å². The van der Waals surface area contributed by atoms with Gasteiger partial charge in [-0.05, 0) is 36.7 Å². The molecule has 1 N–H and O–H groups in total. The van der Waals surface area contributed by atoms with E-state index in [2.05, 4.69) is 20.2 Å². The molecule has 3 atom stereocenters. The molecule has 6 nitrogen and oxygen atoms in total. The summed E-state index contributed by atoms with van der Waals surface area (Å²) < 4.78 is 5.86. The van der Waals surface area contributed by atoms with E-state index in [0.717, 1.165) is 43.9 Å². The fourth-order valence-electron chi connectivity index (χ4n) is 4.35. The summed E-state index contributed by atoms with van der Waals surface area (Å²) in [4.78, 5) is 23.1. The van der Waals surface area contributed by atoms with Gasteiger partial charge < -0.3 is 15.0 Å². The molecule has 2 fully saturated rings. The minimum absolute atomic E-state index is 0.157. The predicted molar refractivity (Wildman–Crippen MR) is 108 cm³/mol. The van der Waals surface area contributed by atoms with Crippen molar-refractivity contribution in [3.63, 3.8) is 0 Å². The third-order valence-electron chi connectivity index (χ3n) is 5.87. The van der Waals surface area contributed by atoms with Crippen LogP contribution in [0.5, 0.6) is 5.88 Å². The van der Waals surface area contributed by atoms with Gasteiger partial charge >= 0.3 is 0 Å². The number of carbonyl (C=O) groups is 1. The Labute approximate surface area is 166 Å². The van der Waals surface area contributed by atoms with Crippen LogP contribution < -0.4 is 15.0 Å².